The van der Waals surface area contributed by atoms with E-state index in [2.05, 4.69) is 22.9 Å². The van der Waals surface area contributed by atoms with Crippen LogP contribution in [0.1, 0.15) is 29.8 Å². The van der Waals surface area contributed by atoms with Gasteiger partial charge in [0.15, 0.2) is 0 Å². The Bertz CT molecular complexity index is 450. The lowest BCUT2D eigenvalue weighted by Gasteiger charge is -2.37. The Hall–Kier alpha value is -0.870. The van der Waals surface area contributed by atoms with E-state index < -0.39 is 0 Å². The summed E-state index contributed by atoms with van der Waals surface area (Å²) < 4.78 is 5.67. The van der Waals surface area contributed by atoms with Crippen LogP contribution in [0.15, 0.2) is 24.3 Å². The van der Waals surface area contributed by atoms with Crippen LogP contribution in [0.5, 0.6) is 0 Å². The summed E-state index contributed by atoms with van der Waals surface area (Å²) in [6.07, 6.45) is 0.969. The zero-order valence-corrected chi connectivity index (χ0v) is 13.0. The zero-order valence-electron chi connectivity index (χ0n) is 11.4. The number of rotatable bonds is 3. The van der Waals surface area contributed by atoms with E-state index in [1.54, 1.807) is 0 Å². The third kappa shape index (κ3) is 3.18. The van der Waals surface area contributed by atoms with Gasteiger partial charge in [0.05, 0.1) is 18.8 Å². The van der Waals surface area contributed by atoms with E-state index in [1.807, 2.05) is 36.1 Å². The van der Waals surface area contributed by atoms with Crippen LogP contribution in [0.3, 0.4) is 0 Å². The molecular formula is C15H20BrNO2. The molecule has 0 bridgehead atoms. The normalized spacial score (nSPS) is 23.4. The molecule has 4 heteroatoms. The lowest BCUT2D eigenvalue weighted by Crippen LogP contribution is -2.51. The summed E-state index contributed by atoms with van der Waals surface area (Å²) in [5.41, 5.74) is 1.94. The van der Waals surface area contributed by atoms with Crippen molar-refractivity contribution in [2.75, 3.05) is 18.5 Å². The van der Waals surface area contributed by atoms with Gasteiger partial charge in [0.25, 0.3) is 5.91 Å². The molecule has 0 saturated carbocycles. The number of morpholine rings is 1. The Morgan fingerprint density at radius 2 is 2.21 bits per heavy atom. The van der Waals surface area contributed by atoms with E-state index in [1.165, 1.54) is 0 Å². The first-order valence-electron chi connectivity index (χ1n) is 6.73. The highest BCUT2D eigenvalue weighted by molar-refractivity contribution is 9.09. The van der Waals surface area contributed by atoms with Crippen LogP contribution in [0.25, 0.3) is 0 Å². The van der Waals surface area contributed by atoms with Crippen molar-refractivity contribution in [1.82, 2.24) is 4.90 Å². The minimum atomic E-state index is 0.0916. The Balaban J connectivity index is 2.22. The van der Waals surface area contributed by atoms with E-state index in [9.17, 15) is 4.79 Å². The van der Waals surface area contributed by atoms with E-state index >= 15 is 0 Å². The minimum absolute atomic E-state index is 0.0916. The number of carbonyl (C=O) groups is 1. The fourth-order valence-corrected chi connectivity index (χ4v) is 2.78. The Morgan fingerprint density at radius 1 is 1.47 bits per heavy atom. The maximum absolute atomic E-state index is 12.7. The summed E-state index contributed by atoms with van der Waals surface area (Å²) >= 11 is 3.43. The van der Waals surface area contributed by atoms with Crippen molar-refractivity contribution in [1.29, 1.82) is 0 Å². The van der Waals surface area contributed by atoms with Gasteiger partial charge in [-0.15, -0.1) is 0 Å². The monoisotopic (exact) mass is 325 g/mol. The van der Waals surface area contributed by atoms with Gasteiger partial charge in [-0.05, 0) is 25.0 Å². The third-order valence-electron chi connectivity index (χ3n) is 3.57. The summed E-state index contributed by atoms with van der Waals surface area (Å²) in [6.45, 7) is 5.38. The molecule has 0 aromatic heterocycles. The van der Waals surface area contributed by atoms with Crippen molar-refractivity contribution in [3.63, 3.8) is 0 Å². The second-order valence-electron chi connectivity index (χ2n) is 4.93. The number of amides is 1. The molecule has 1 heterocycles. The van der Waals surface area contributed by atoms with Gasteiger partial charge in [0.2, 0.25) is 0 Å². The number of hydrogen-bond acceptors (Lipinski definition) is 2. The first kappa shape index (κ1) is 14.5. The lowest BCUT2D eigenvalue weighted by molar-refractivity contribution is -0.0361. The van der Waals surface area contributed by atoms with Crippen LogP contribution in [0, 0.1) is 0 Å². The number of aryl methyl sites for hydroxylation is 1. The van der Waals surface area contributed by atoms with Crippen molar-refractivity contribution in [2.24, 2.45) is 0 Å². The lowest BCUT2D eigenvalue weighted by atomic mass is 10.0. The molecule has 0 radical (unpaired) electrons. The van der Waals surface area contributed by atoms with Crippen LogP contribution in [0.2, 0.25) is 0 Å². The zero-order chi connectivity index (χ0) is 13.8. The largest absolute Gasteiger partial charge is 0.373 e. The highest BCUT2D eigenvalue weighted by atomic mass is 79.9. The molecule has 3 nitrogen and oxygen atoms in total. The topological polar surface area (TPSA) is 29.5 Å². The Labute approximate surface area is 123 Å². The van der Waals surface area contributed by atoms with Crippen molar-refractivity contribution in [3.05, 3.63) is 35.4 Å². The molecule has 104 valence electrons. The molecule has 0 N–H and O–H groups in total. The van der Waals surface area contributed by atoms with E-state index in [4.69, 9.17) is 4.74 Å². The predicted octanol–water partition coefficient (Wildman–Crippen LogP) is 2.87. The highest BCUT2D eigenvalue weighted by Crippen LogP contribution is 2.19. The van der Waals surface area contributed by atoms with Gasteiger partial charge in [-0.1, -0.05) is 41.1 Å². The molecular weight excluding hydrogens is 306 g/mol. The molecule has 2 unspecified atom stereocenters. The number of nitrogens with zero attached hydrogens (tertiary/aromatic N) is 1. The summed E-state index contributed by atoms with van der Waals surface area (Å²) in [5.74, 6) is 0.124. The standard InChI is InChI=1S/C15H20BrNO2/c1-3-12-6-4-5-7-14(12)15(18)17-9-13(8-16)19-10-11(17)2/h4-7,11,13H,3,8-10H2,1-2H3. The number of hydrogen-bond donors (Lipinski definition) is 0. The van der Waals surface area contributed by atoms with Gasteiger partial charge < -0.3 is 9.64 Å². The van der Waals surface area contributed by atoms with Gasteiger partial charge in [-0.2, -0.15) is 0 Å². The second-order valence-corrected chi connectivity index (χ2v) is 5.57. The summed E-state index contributed by atoms with van der Waals surface area (Å²) in [7, 11) is 0. The number of benzene rings is 1. The fourth-order valence-electron chi connectivity index (χ4n) is 2.39. The molecule has 0 aliphatic carbocycles. The number of halogens is 1. The SMILES string of the molecule is CCc1ccccc1C(=O)N1CC(CBr)OCC1C. The molecule has 2 rings (SSSR count). The molecule has 19 heavy (non-hydrogen) atoms. The number of carbonyl (C=O) groups excluding carboxylic acids is 1. The van der Waals surface area contributed by atoms with Crippen molar-refractivity contribution >= 4 is 21.8 Å². The first-order chi connectivity index (χ1) is 9.17. The highest BCUT2D eigenvalue weighted by Gasteiger charge is 2.30. The quantitative estimate of drug-likeness (QED) is 0.800. The van der Waals surface area contributed by atoms with Gasteiger partial charge in [0, 0.05) is 17.4 Å². The number of ether oxygens (including phenoxy) is 1. The average Bonchev–Trinajstić information content (AvgIpc) is 2.47. The first-order valence-corrected chi connectivity index (χ1v) is 7.86. The van der Waals surface area contributed by atoms with E-state index in [0.29, 0.717) is 13.2 Å². The fraction of sp³-hybridized carbons (Fsp3) is 0.533. The van der Waals surface area contributed by atoms with Crippen LogP contribution >= 0.6 is 15.9 Å². The maximum atomic E-state index is 12.7. The molecule has 0 spiro atoms. The molecule has 1 fully saturated rings. The van der Waals surface area contributed by atoms with Crippen molar-refractivity contribution in [3.8, 4) is 0 Å². The smallest absolute Gasteiger partial charge is 0.254 e. The van der Waals surface area contributed by atoms with E-state index in [-0.39, 0.29) is 18.1 Å². The van der Waals surface area contributed by atoms with Crippen molar-refractivity contribution < 1.29 is 9.53 Å². The predicted molar refractivity (Wildman–Crippen MR) is 79.9 cm³/mol. The summed E-state index contributed by atoms with van der Waals surface area (Å²) in [5, 5.41) is 0.763. The average molecular weight is 326 g/mol. The van der Waals surface area contributed by atoms with Crippen molar-refractivity contribution in [2.45, 2.75) is 32.4 Å². The van der Waals surface area contributed by atoms with Crippen LogP contribution in [0.4, 0.5) is 0 Å². The number of alkyl halides is 1. The van der Waals surface area contributed by atoms with Crippen LogP contribution < -0.4 is 0 Å². The summed E-state index contributed by atoms with van der Waals surface area (Å²) in [4.78, 5) is 14.6. The molecule has 1 aliphatic heterocycles. The second kappa shape index (κ2) is 6.53. The van der Waals surface area contributed by atoms with E-state index in [0.717, 1.165) is 22.9 Å². The molecule has 1 aliphatic rings. The Kier molecular flexibility index (Phi) is 4.99. The molecule has 1 amide bonds. The van der Waals surface area contributed by atoms with Gasteiger partial charge >= 0.3 is 0 Å². The minimum Gasteiger partial charge on any atom is -0.373 e. The molecule has 1 aromatic rings. The summed E-state index contributed by atoms with van der Waals surface area (Å²) in [6, 6.07) is 8.00. The molecule has 2 atom stereocenters. The maximum Gasteiger partial charge on any atom is 0.254 e. The Morgan fingerprint density at radius 3 is 2.89 bits per heavy atom. The van der Waals surface area contributed by atoms with Gasteiger partial charge in [-0.3, -0.25) is 4.79 Å². The third-order valence-corrected chi connectivity index (χ3v) is 4.29. The van der Waals surface area contributed by atoms with Gasteiger partial charge in [-0.25, -0.2) is 0 Å². The molecule has 1 aromatic carbocycles. The van der Waals surface area contributed by atoms with Crippen LogP contribution in [-0.4, -0.2) is 41.4 Å². The van der Waals surface area contributed by atoms with Crippen LogP contribution in [-0.2, 0) is 11.2 Å². The van der Waals surface area contributed by atoms with Gasteiger partial charge in [0.1, 0.15) is 0 Å². The molecule has 1 saturated heterocycles.